The number of fused-ring (bicyclic) bond motifs is 1. The van der Waals surface area contributed by atoms with E-state index in [1.54, 1.807) is 72.1 Å². The van der Waals surface area contributed by atoms with Crippen LogP contribution in [0.5, 0.6) is 5.75 Å². The lowest BCUT2D eigenvalue weighted by molar-refractivity contribution is -0.132. The van der Waals surface area contributed by atoms with E-state index in [1.165, 1.54) is 29.8 Å². The third-order valence-corrected chi connectivity index (χ3v) is 8.82. The van der Waals surface area contributed by atoms with Gasteiger partial charge in [-0.15, -0.1) is 10.2 Å². The molecular weight excluding hydrogens is 565 g/mol. The van der Waals surface area contributed by atoms with E-state index in [0.717, 1.165) is 11.3 Å². The number of aliphatic hydroxyl groups excluding tert-OH is 1. The monoisotopic (exact) mass is 587 g/mol. The van der Waals surface area contributed by atoms with Crippen molar-refractivity contribution in [2.24, 2.45) is 0 Å². The van der Waals surface area contributed by atoms with Crippen LogP contribution in [0.2, 0.25) is 0 Å². The van der Waals surface area contributed by atoms with Gasteiger partial charge in [-0.05, 0) is 48.4 Å². The maximum absolute atomic E-state index is 14.1. The predicted molar refractivity (Wildman–Crippen MR) is 154 cm³/mol. The zero-order valence-electron chi connectivity index (χ0n) is 21.8. The number of nitrogens with zero attached hydrogens (tertiary/aromatic N) is 5. The van der Waals surface area contributed by atoms with Gasteiger partial charge in [0.05, 0.1) is 24.4 Å². The van der Waals surface area contributed by atoms with Crippen LogP contribution < -0.4 is 9.64 Å². The molecule has 1 fully saturated rings. The number of hydrogen-bond donors (Lipinski definition) is 1. The van der Waals surface area contributed by atoms with E-state index in [4.69, 9.17) is 4.74 Å². The Hall–Kier alpha value is -4.55. The fourth-order valence-electron chi connectivity index (χ4n) is 4.77. The number of benzene rings is 2. The Balaban J connectivity index is 1.44. The van der Waals surface area contributed by atoms with E-state index < -0.39 is 17.7 Å². The Morgan fingerprint density at radius 2 is 1.83 bits per heavy atom. The highest BCUT2D eigenvalue weighted by Crippen LogP contribution is 2.44. The molecule has 1 amide bonds. The molecule has 0 spiro atoms. The van der Waals surface area contributed by atoms with Gasteiger partial charge in [0.15, 0.2) is 10.1 Å². The van der Waals surface area contributed by atoms with Gasteiger partial charge in [-0.1, -0.05) is 59.5 Å². The highest BCUT2D eigenvalue weighted by Gasteiger charge is 2.49. The number of ether oxygens (including phenoxy) is 1. The van der Waals surface area contributed by atoms with Crippen LogP contribution >= 0.6 is 23.1 Å². The average molecular weight is 588 g/mol. The van der Waals surface area contributed by atoms with E-state index in [-0.39, 0.29) is 22.3 Å². The lowest BCUT2D eigenvalue weighted by Gasteiger charge is -2.22. The molecule has 1 N–H and O–H groups in total. The minimum Gasteiger partial charge on any atom is -0.505 e. The number of hydrogen-bond acceptors (Lipinski definition) is 9. The van der Waals surface area contributed by atoms with Gasteiger partial charge in [-0.2, -0.15) is 0 Å². The zero-order valence-corrected chi connectivity index (χ0v) is 23.4. The molecule has 3 aromatic heterocycles. The standard InChI is InChI=1S/C29H22FN5O4S2/c1-16-23(34-14-6-5-9-21(34)31-16)25(36)22-24(17-10-12-19(39-2)13-11-17)35(27(38)26(22)37)28-32-33-29(41-28)40-15-18-7-3-4-8-20(18)30/h3-14,24,36H,15H2,1-2H3/b25-22+. The number of carbonyl (C=O) groups excluding carboxylic acids is 2. The Morgan fingerprint density at radius 3 is 2.59 bits per heavy atom. The van der Waals surface area contributed by atoms with Gasteiger partial charge in [0.1, 0.15) is 22.9 Å². The SMILES string of the molecule is COc1ccc(C2/C(=C(\O)c3c(C)nc4ccccn34)C(=O)C(=O)N2c2nnc(SCc3ccccc3F)s2)cc1. The van der Waals surface area contributed by atoms with Crippen molar-refractivity contribution in [1.82, 2.24) is 19.6 Å². The number of aliphatic hydroxyl groups is 1. The van der Waals surface area contributed by atoms with E-state index in [9.17, 15) is 19.1 Å². The van der Waals surface area contributed by atoms with Crippen LogP contribution in [0.1, 0.15) is 28.6 Å². The van der Waals surface area contributed by atoms with E-state index in [0.29, 0.717) is 44.0 Å². The summed E-state index contributed by atoms with van der Waals surface area (Å²) < 4.78 is 21.6. The number of pyridine rings is 1. The molecule has 5 aromatic rings. The third kappa shape index (κ3) is 4.74. The minimum absolute atomic E-state index is 0.0929. The van der Waals surface area contributed by atoms with Crippen molar-refractivity contribution >= 4 is 51.3 Å². The van der Waals surface area contributed by atoms with Crippen molar-refractivity contribution in [3.05, 3.63) is 107 Å². The first-order chi connectivity index (χ1) is 19.9. The smallest absolute Gasteiger partial charge is 0.301 e. The Kier molecular flexibility index (Phi) is 7.01. The summed E-state index contributed by atoms with van der Waals surface area (Å²) in [6, 6.07) is 17.7. The molecule has 0 saturated carbocycles. The summed E-state index contributed by atoms with van der Waals surface area (Å²) in [5.74, 6) is -1.47. The van der Waals surface area contributed by atoms with Crippen molar-refractivity contribution in [2.45, 2.75) is 23.1 Å². The van der Waals surface area contributed by atoms with Gasteiger partial charge < -0.3 is 9.84 Å². The largest absolute Gasteiger partial charge is 0.505 e. The number of halogens is 1. The number of Topliss-reactive ketones (excluding diaryl/α,β-unsaturated/α-hetero) is 1. The molecule has 1 atom stereocenters. The number of anilines is 1. The first kappa shape index (κ1) is 26.7. The molecule has 6 rings (SSSR count). The topological polar surface area (TPSA) is 110 Å². The number of thioether (sulfide) groups is 1. The normalized spacial score (nSPS) is 16.6. The lowest BCUT2D eigenvalue weighted by Crippen LogP contribution is -2.29. The fraction of sp³-hybridized carbons (Fsp3) is 0.138. The van der Waals surface area contributed by atoms with Gasteiger partial charge >= 0.3 is 5.91 Å². The second-order valence-electron chi connectivity index (χ2n) is 9.15. The van der Waals surface area contributed by atoms with Crippen LogP contribution in [0.4, 0.5) is 9.52 Å². The predicted octanol–water partition coefficient (Wildman–Crippen LogP) is 5.56. The summed E-state index contributed by atoms with van der Waals surface area (Å²) in [5.41, 5.74) is 2.38. The van der Waals surface area contributed by atoms with Crippen LogP contribution in [0.15, 0.2) is 82.8 Å². The Bertz CT molecular complexity index is 1830. The van der Waals surface area contributed by atoms with Crippen LogP contribution in [-0.4, -0.2) is 43.5 Å². The molecule has 1 saturated heterocycles. The van der Waals surface area contributed by atoms with Gasteiger partial charge in [0.25, 0.3) is 5.78 Å². The van der Waals surface area contributed by atoms with Crippen molar-refractivity contribution in [1.29, 1.82) is 0 Å². The summed E-state index contributed by atoms with van der Waals surface area (Å²) in [4.78, 5) is 32.9. The summed E-state index contributed by atoms with van der Waals surface area (Å²) in [6.07, 6.45) is 1.73. The second-order valence-corrected chi connectivity index (χ2v) is 11.3. The maximum Gasteiger partial charge on any atom is 0.301 e. The van der Waals surface area contributed by atoms with Gasteiger partial charge in [-0.3, -0.25) is 18.9 Å². The van der Waals surface area contributed by atoms with Gasteiger partial charge in [-0.25, -0.2) is 9.37 Å². The summed E-state index contributed by atoms with van der Waals surface area (Å²) >= 11 is 2.38. The summed E-state index contributed by atoms with van der Waals surface area (Å²) in [6.45, 7) is 1.73. The van der Waals surface area contributed by atoms with Gasteiger partial charge in [0, 0.05) is 11.9 Å². The molecule has 0 aliphatic carbocycles. The molecule has 1 aliphatic rings. The van der Waals surface area contributed by atoms with Crippen molar-refractivity contribution in [3.8, 4) is 5.75 Å². The third-order valence-electron chi connectivity index (χ3n) is 6.72. The molecular formula is C29H22FN5O4S2. The lowest BCUT2D eigenvalue weighted by atomic mass is 9.96. The van der Waals surface area contributed by atoms with Crippen molar-refractivity contribution in [3.63, 3.8) is 0 Å². The van der Waals surface area contributed by atoms with Crippen molar-refractivity contribution < 1.29 is 23.8 Å². The Labute approximate surface area is 241 Å². The number of aryl methyl sites for hydroxylation is 1. The van der Waals surface area contributed by atoms with Gasteiger partial charge in [0.2, 0.25) is 5.13 Å². The molecule has 0 bridgehead atoms. The molecule has 41 heavy (non-hydrogen) atoms. The second kappa shape index (κ2) is 10.8. The number of carbonyl (C=O) groups is 2. The Morgan fingerprint density at radius 1 is 1.07 bits per heavy atom. The molecule has 12 heteroatoms. The molecule has 0 radical (unpaired) electrons. The van der Waals surface area contributed by atoms with E-state index >= 15 is 0 Å². The summed E-state index contributed by atoms with van der Waals surface area (Å²) in [5, 5.41) is 20.2. The van der Waals surface area contributed by atoms with Crippen LogP contribution in [-0.2, 0) is 15.3 Å². The molecule has 206 valence electrons. The first-order valence-corrected chi connectivity index (χ1v) is 14.3. The van der Waals surface area contributed by atoms with Crippen LogP contribution in [0.25, 0.3) is 11.4 Å². The minimum atomic E-state index is -0.994. The summed E-state index contributed by atoms with van der Waals surface area (Å²) in [7, 11) is 1.54. The molecule has 4 heterocycles. The zero-order chi connectivity index (χ0) is 28.7. The quantitative estimate of drug-likeness (QED) is 0.0867. The molecule has 1 unspecified atom stereocenters. The number of aromatic nitrogens is 4. The van der Waals surface area contributed by atoms with Crippen LogP contribution in [0, 0.1) is 12.7 Å². The van der Waals surface area contributed by atoms with E-state index in [2.05, 4.69) is 15.2 Å². The highest BCUT2D eigenvalue weighted by atomic mass is 32.2. The number of ketones is 1. The van der Waals surface area contributed by atoms with E-state index in [1.807, 2.05) is 6.07 Å². The average Bonchev–Trinajstić information content (AvgIpc) is 3.66. The number of rotatable bonds is 7. The maximum atomic E-state index is 14.1. The van der Waals surface area contributed by atoms with Crippen LogP contribution in [0.3, 0.4) is 0 Å². The molecule has 2 aromatic carbocycles. The highest BCUT2D eigenvalue weighted by molar-refractivity contribution is 8.00. The molecule has 1 aliphatic heterocycles. The first-order valence-electron chi connectivity index (χ1n) is 12.5. The fourth-order valence-corrected chi connectivity index (χ4v) is 6.62. The number of imidazole rings is 1. The number of methoxy groups -OCH3 is 1. The molecule has 9 nitrogen and oxygen atoms in total. The van der Waals surface area contributed by atoms with Crippen molar-refractivity contribution in [2.75, 3.05) is 12.0 Å². The number of amides is 1.